The van der Waals surface area contributed by atoms with Crippen molar-refractivity contribution in [3.8, 4) is 6.07 Å². The highest BCUT2D eigenvalue weighted by Crippen LogP contribution is 2.03. The van der Waals surface area contributed by atoms with Crippen molar-refractivity contribution in [2.24, 2.45) is 0 Å². The normalized spacial score (nSPS) is 10.3. The number of benzene rings is 1. The molecule has 0 saturated heterocycles. The van der Waals surface area contributed by atoms with Gasteiger partial charge in [-0.25, -0.2) is 4.98 Å². The predicted molar refractivity (Wildman–Crippen MR) is 74.3 cm³/mol. The summed E-state index contributed by atoms with van der Waals surface area (Å²) in [5, 5.41) is 12.1. The molecule has 2 aromatic rings. The van der Waals surface area contributed by atoms with E-state index in [9.17, 15) is 0 Å². The zero-order valence-corrected chi connectivity index (χ0v) is 10.9. The van der Waals surface area contributed by atoms with Crippen LogP contribution in [0.1, 0.15) is 24.0 Å². The number of hydrogen-bond donors (Lipinski definition) is 1. The average molecular weight is 254 g/mol. The summed E-state index contributed by atoms with van der Waals surface area (Å²) in [6.45, 7) is 2.89. The van der Waals surface area contributed by atoms with Gasteiger partial charge in [-0.1, -0.05) is 12.1 Å². The van der Waals surface area contributed by atoms with E-state index < -0.39 is 0 Å². The highest BCUT2D eigenvalue weighted by atomic mass is 15.0. The summed E-state index contributed by atoms with van der Waals surface area (Å²) in [6, 6.07) is 9.83. The van der Waals surface area contributed by atoms with Crippen molar-refractivity contribution in [1.29, 1.82) is 5.26 Å². The lowest BCUT2D eigenvalue weighted by Gasteiger charge is -2.05. The number of unbranched alkanes of at least 4 members (excludes halogenated alkanes) is 1. The first-order valence-electron chi connectivity index (χ1n) is 6.54. The topological polar surface area (TPSA) is 53.6 Å². The lowest BCUT2D eigenvalue weighted by Crippen LogP contribution is -2.15. The van der Waals surface area contributed by atoms with Gasteiger partial charge in [0.25, 0.3) is 0 Å². The molecule has 19 heavy (non-hydrogen) atoms. The van der Waals surface area contributed by atoms with E-state index in [2.05, 4.69) is 20.9 Å². The molecule has 0 aliphatic heterocycles. The van der Waals surface area contributed by atoms with E-state index in [0.29, 0.717) is 5.56 Å². The number of aromatic nitrogens is 2. The van der Waals surface area contributed by atoms with Gasteiger partial charge < -0.3 is 9.88 Å². The van der Waals surface area contributed by atoms with Gasteiger partial charge in [0.1, 0.15) is 0 Å². The molecule has 0 radical (unpaired) electrons. The molecule has 98 valence electrons. The molecule has 0 fully saturated rings. The maximum absolute atomic E-state index is 8.71. The summed E-state index contributed by atoms with van der Waals surface area (Å²) in [5.74, 6) is 0. The van der Waals surface area contributed by atoms with Crippen LogP contribution < -0.4 is 5.32 Å². The molecule has 4 heteroatoms. The smallest absolute Gasteiger partial charge is 0.0991 e. The van der Waals surface area contributed by atoms with E-state index >= 15 is 0 Å². The Hall–Kier alpha value is -2.12. The standard InChI is InChI=1S/C15H18N4/c16-11-14-3-5-15(6-4-14)12-17-7-1-2-9-19-10-8-18-13-19/h3-6,8,10,13,17H,1-2,7,9,12H2. The zero-order chi connectivity index (χ0) is 13.3. The van der Waals surface area contributed by atoms with Gasteiger partial charge in [0.05, 0.1) is 18.0 Å². The minimum Gasteiger partial charge on any atom is -0.337 e. The molecular weight excluding hydrogens is 236 g/mol. The second-order valence-corrected chi connectivity index (χ2v) is 4.49. The SMILES string of the molecule is N#Cc1ccc(CNCCCCn2ccnc2)cc1. The van der Waals surface area contributed by atoms with Crippen molar-refractivity contribution >= 4 is 0 Å². The first-order chi connectivity index (χ1) is 9.38. The van der Waals surface area contributed by atoms with Gasteiger partial charge >= 0.3 is 0 Å². The van der Waals surface area contributed by atoms with Crippen molar-refractivity contribution in [2.45, 2.75) is 25.9 Å². The van der Waals surface area contributed by atoms with Crippen LogP contribution in [-0.4, -0.2) is 16.1 Å². The highest BCUT2D eigenvalue weighted by Gasteiger charge is 1.94. The van der Waals surface area contributed by atoms with E-state index in [-0.39, 0.29) is 0 Å². The quantitative estimate of drug-likeness (QED) is 0.771. The van der Waals surface area contributed by atoms with Crippen LogP contribution >= 0.6 is 0 Å². The summed E-state index contributed by atoms with van der Waals surface area (Å²) in [4.78, 5) is 4.02. The highest BCUT2D eigenvalue weighted by molar-refractivity contribution is 5.31. The fraction of sp³-hybridized carbons (Fsp3) is 0.333. The monoisotopic (exact) mass is 254 g/mol. The van der Waals surface area contributed by atoms with Crippen LogP contribution in [0.3, 0.4) is 0 Å². The molecule has 0 unspecified atom stereocenters. The molecule has 0 saturated carbocycles. The number of nitriles is 1. The van der Waals surface area contributed by atoms with Crippen molar-refractivity contribution in [3.05, 3.63) is 54.1 Å². The van der Waals surface area contributed by atoms with E-state index in [0.717, 1.165) is 32.5 Å². The Labute approximate surface area is 113 Å². The van der Waals surface area contributed by atoms with Crippen molar-refractivity contribution in [1.82, 2.24) is 14.9 Å². The van der Waals surface area contributed by atoms with Gasteiger partial charge in [-0.15, -0.1) is 0 Å². The Morgan fingerprint density at radius 1 is 1.21 bits per heavy atom. The van der Waals surface area contributed by atoms with E-state index in [1.165, 1.54) is 5.56 Å². The average Bonchev–Trinajstić information content (AvgIpc) is 2.96. The number of nitrogens with zero attached hydrogens (tertiary/aromatic N) is 3. The zero-order valence-electron chi connectivity index (χ0n) is 10.9. The molecular formula is C15H18N4. The van der Waals surface area contributed by atoms with Crippen molar-refractivity contribution in [3.63, 3.8) is 0 Å². The van der Waals surface area contributed by atoms with Gasteiger partial charge in [-0.2, -0.15) is 5.26 Å². The van der Waals surface area contributed by atoms with Gasteiger partial charge in [0.15, 0.2) is 0 Å². The van der Waals surface area contributed by atoms with Crippen LogP contribution in [-0.2, 0) is 13.1 Å². The van der Waals surface area contributed by atoms with E-state index in [4.69, 9.17) is 5.26 Å². The molecule has 0 bridgehead atoms. The summed E-state index contributed by atoms with van der Waals surface area (Å²) in [5.41, 5.74) is 1.93. The maximum atomic E-state index is 8.71. The fourth-order valence-electron chi connectivity index (χ4n) is 1.89. The first kappa shape index (κ1) is 13.3. The van der Waals surface area contributed by atoms with Crippen LogP contribution in [0.4, 0.5) is 0 Å². The molecule has 1 aromatic heterocycles. The summed E-state index contributed by atoms with van der Waals surface area (Å²) < 4.78 is 2.10. The lowest BCUT2D eigenvalue weighted by atomic mass is 10.1. The van der Waals surface area contributed by atoms with Crippen LogP contribution in [0.2, 0.25) is 0 Å². The van der Waals surface area contributed by atoms with E-state index in [1.54, 1.807) is 0 Å². The molecule has 0 atom stereocenters. The van der Waals surface area contributed by atoms with Gasteiger partial charge in [-0.05, 0) is 37.1 Å². The minimum atomic E-state index is 0.712. The predicted octanol–water partition coefficient (Wildman–Crippen LogP) is 2.32. The molecule has 0 aliphatic carbocycles. The Balaban J connectivity index is 1.57. The van der Waals surface area contributed by atoms with Gasteiger partial charge in [0, 0.05) is 25.5 Å². The Morgan fingerprint density at radius 3 is 2.74 bits per heavy atom. The van der Waals surface area contributed by atoms with Crippen LogP contribution in [0.5, 0.6) is 0 Å². The fourth-order valence-corrected chi connectivity index (χ4v) is 1.89. The molecule has 0 amide bonds. The molecule has 1 N–H and O–H groups in total. The van der Waals surface area contributed by atoms with Crippen LogP contribution in [0.15, 0.2) is 43.0 Å². The first-order valence-corrected chi connectivity index (χ1v) is 6.54. The summed E-state index contributed by atoms with van der Waals surface area (Å²) >= 11 is 0. The number of rotatable bonds is 7. The molecule has 0 aliphatic rings. The Kier molecular flexibility index (Phi) is 5.15. The maximum Gasteiger partial charge on any atom is 0.0991 e. The van der Waals surface area contributed by atoms with Crippen LogP contribution in [0.25, 0.3) is 0 Å². The number of imidazole rings is 1. The van der Waals surface area contributed by atoms with Gasteiger partial charge in [0.2, 0.25) is 0 Å². The Morgan fingerprint density at radius 2 is 2.05 bits per heavy atom. The number of hydrogen-bond acceptors (Lipinski definition) is 3. The molecule has 4 nitrogen and oxygen atoms in total. The third-order valence-electron chi connectivity index (χ3n) is 2.99. The second-order valence-electron chi connectivity index (χ2n) is 4.49. The Bertz CT molecular complexity index is 508. The lowest BCUT2D eigenvalue weighted by molar-refractivity contribution is 0.568. The minimum absolute atomic E-state index is 0.712. The van der Waals surface area contributed by atoms with Gasteiger partial charge in [-0.3, -0.25) is 0 Å². The number of aryl methyl sites for hydroxylation is 1. The largest absolute Gasteiger partial charge is 0.337 e. The van der Waals surface area contributed by atoms with Crippen molar-refractivity contribution < 1.29 is 0 Å². The molecule has 0 spiro atoms. The number of nitrogens with one attached hydrogen (secondary N) is 1. The van der Waals surface area contributed by atoms with Crippen LogP contribution in [0, 0.1) is 11.3 Å². The summed E-state index contributed by atoms with van der Waals surface area (Å²) in [7, 11) is 0. The third-order valence-corrected chi connectivity index (χ3v) is 2.99. The second kappa shape index (κ2) is 7.34. The van der Waals surface area contributed by atoms with Crippen molar-refractivity contribution in [2.75, 3.05) is 6.54 Å². The molecule has 1 aromatic carbocycles. The third kappa shape index (κ3) is 4.57. The summed E-state index contributed by atoms with van der Waals surface area (Å²) in [6.07, 6.45) is 7.95. The molecule has 2 rings (SSSR count). The van der Waals surface area contributed by atoms with E-state index in [1.807, 2.05) is 43.0 Å². The molecule has 1 heterocycles.